The van der Waals surface area contributed by atoms with Crippen LogP contribution in [0.25, 0.3) is 17.1 Å². The van der Waals surface area contributed by atoms with Gasteiger partial charge in [-0.05, 0) is 37.3 Å². The van der Waals surface area contributed by atoms with E-state index in [9.17, 15) is 9.18 Å². The van der Waals surface area contributed by atoms with Crippen LogP contribution in [0, 0.1) is 12.7 Å². The third-order valence-electron chi connectivity index (χ3n) is 4.95. The third-order valence-corrected chi connectivity index (χ3v) is 6.22. The molecule has 0 unspecified atom stereocenters. The Labute approximate surface area is 194 Å². The predicted octanol–water partition coefficient (Wildman–Crippen LogP) is 5.38. The number of hydrogen-bond donors (Lipinski definition) is 0. The number of thioether (sulfide) groups is 1. The lowest BCUT2D eigenvalue weighted by Crippen LogP contribution is -2.28. The van der Waals surface area contributed by atoms with E-state index in [1.165, 1.54) is 28.8 Å². The average molecular weight is 471 g/mol. The maximum Gasteiger partial charge on any atom is 0.233 e. The molecule has 32 heavy (non-hydrogen) atoms. The average Bonchev–Trinajstić information content (AvgIpc) is 3.40. The summed E-state index contributed by atoms with van der Waals surface area (Å²) in [7, 11) is 1.62. The van der Waals surface area contributed by atoms with Crippen molar-refractivity contribution in [3.63, 3.8) is 0 Å². The van der Waals surface area contributed by atoms with E-state index >= 15 is 0 Å². The van der Waals surface area contributed by atoms with Crippen LogP contribution in [0.2, 0.25) is 5.02 Å². The SMILES string of the molecule is Cc1occc1-c1nnc(SCC(=O)N(C)Cc2c(F)cccc2Cl)n1-c1ccccc1. The van der Waals surface area contributed by atoms with Crippen LogP contribution in [0.4, 0.5) is 4.39 Å². The predicted molar refractivity (Wildman–Crippen MR) is 122 cm³/mol. The molecule has 0 atom stereocenters. The van der Waals surface area contributed by atoms with E-state index in [1.807, 2.05) is 47.9 Å². The van der Waals surface area contributed by atoms with Gasteiger partial charge in [-0.3, -0.25) is 9.36 Å². The van der Waals surface area contributed by atoms with Crippen LogP contribution in [-0.4, -0.2) is 38.4 Å². The third kappa shape index (κ3) is 4.56. The van der Waals surface area contributed by atoms with E-state index in [2.05, 4.69) is 10.2 Å². The van der Waals surface area contributed by atoms with Crippen LogP contribution in [0.15, 0.2) is 70.4 Å². The normalized spacial score (nSPS) is 11.0. The summed E-state index contributed by atoms with van der Waals surface area (Å²) in [5, 5.41) is 9.53. The molecule has 2 aromatic carbocycles. The minimum absolute atomic E-state index is 0.0791. The highest BCUT2D eigenvalue weighted by Gasteiger charge is 2.21. The van der Waals surface area contributed by atoms with Crippen LogP contribution in [0.3, 0.4) is 0 Å². The number of hydrogen-bond acceptors (Lipinski definition) is 5. The largest absolute Gasteiger partial charge is 0.469 e. The standard InChI is InChI=1S/C23H20ClFN4O2S/c1-15-17(11-12-31-15)22-26-27-23(29(22)16-7-4-3-5-8-16)32-14-21(30)28(2)13-18-19(24)9-6-10-20(18)25/h3-12H,13-14H2,1-2H3. The number of amides is 1. The molecule has 9 heteroatoms. The van der Waals surface area contributed by atoms with Crippen molar-refractivity contribution in [2.75, 3.05) is 12.8 Å². The summed E-state index contributed by atoms with van der Waals surface area (Å²) in [5.41, 5.74) is 1.99. The molecule has 0 radical (unpaired) electrons. The Morgan fingerprint density at radius 1 is 1.16 bits per heavy atom. The van der Waals surface area contributed by atoms with Crippen molar-refractivity contribution < 1.29 is 13.6 Å². The van der Waals surface area contributed by atoms with Crippen molar-refractivity contribution in [1.82, 2.24) is 19.7 Å². The summed E-state index contributed by atoms with van der Waals surface area (Å²) >= 11 is 7.35. The summed E-state index contributed by atoms with van der Waals surface area (Å²) in [4.78, 5) is 14.2. The molecule has 0 fully saturated rings. The monoisotopic (exact) mass is 470 g/mol. The maximum absolute atomic E-state index is 14.1. The molecule has 4 rings (SSSR count). The first-order valence-corrected chi connectivity index (χ1v) is 11.2. The van der Waals surface area contributed by atoms with Gasteiger partial charge in [-0.1, -0.05) is 47.6 Å². The second-order valence-corrected chi connectivity index (χ2v) is 8.46. The zero-order valence-corrected chi connectivity index (χ0v) is 19.0. The molecule has 0 spiro atoms. The van der Waals surface area contributed by atoms with Crippen LogP contribution in [0.1, 0.15) is 11.3 Å². The summed E-state index contributed by atoms with van der Waals surface area (Å²) in [6.45, 7) is 1.94. The van der Waals surface area contributed by atoms with Gasteiger partial charge < -0.3 is 9.32 Å². The van der Waals surface area contributed by atoms with Gasteiger partial charge in [0.1, 0.15) is 11.6 Å². The first-order chi connectivity index (χ1) is 15.5. The van der Waals surface area contributed by atoms with Gasteiger partial charge in [0.25, 0.3) is 0 Å². The van der Waals surface area contributed by atoms with Gasteiger partial charge in [0.15, 0.2) is 11.0 Å². The minimum Gasteiger partial charge on any atom is -0.469 e. The lowest BCUT2D eigenvalue weighted by molar-refractivity contribution is -0.127. The van der Waals surface area contributed by atoms with Gasteiger partial charge >= 0.3 is 0 Å². The van der Waals surface area contributed by atoms with Crippen molar-refractivity contribution in [3.8, 4) is 17.1 Å². The second kappa shape index (κ2) is 9.58. The highest BCUT2D eigenvalue weighted by atomic mass is 35.5. The molecule has 2 heterocycles. The summed E-state index contributed by atoms with van der Waals surface area (Å²) in [6.07, 6.45) is 1.60. The maximum atomic E-state index is 14.1. The molecular formula is C23H20ClFN4O2S. The number of nitrogens with zero attached hydrogens (tertiary/aromatic N) is 4. The molecule has 6 nitrogen and oxygen atoms in total. The van der Waals surface area contributed by atoms with Crippen LogP contribution >= 0.6 is 23.4 Å². The summed E-state index contributed by atoms with van der Waals surface area (Å²) in [6, 6.07) is 16.0. The fraction of sp³-hybridized carbons (Fsp3) is 0.174. The highest BCUT2D eigenvalue weighted by molar-refractivity contribution is 7.99. The molecule has 4 aromatic rings. The molecule has 0 saturated carbocycles. The molecule has 164 valence electrons. The van der Waals surface area contributed by atoms with Gasteiger partial charge in [-0.25, -0.2) is 4.39 Å². The number of para-hydroxylation sites is 1. The molecule has 0 N–H and O–H groups in total. The number of carbonyl (C=O) groups excluding carboxylic acids is 1. The number of aromatic nitrogens is 3. The smallest absolute Gasteiger partial charge is 0.233 e. The van der Waals surface area contributed by atoms with Gasteiger partial charge in [0, 0.05) is 29.9 Å². The molecule has 0 aliphatic heterocycles. The summed E-state index contributed by atoms with van der Waals surface area (Å²) < 4.78 is 21.4. The van der Waals surface area contributed by atoms with E-state index < -0.39 is 5.82 Å². The summed E-state index contributed by atoms with van der Waals surface area (Å²) in [5.74, 6) is 0.845. The van der Waals surface area contributed by atoms with Crippen molar-refractivity contribution in [1.29, 1.82) is 0 Å². The fourth-order valence-corrected chi connectivity index (χ4v) is 4.33. The van der Waals surface area contributed by atoms with Crippen molar-refractivity contribution in [3.05, 3.63) is 83.0 Å². The minimum atomic E-state index is -0.436. The van der Waals surface area contributed by atoms with Crippen LogP contribution in [-0.2, 0) is 11.3 Å². The van der Waals surface area contributed by atoms with Gasteiger partial charge in [-0.2, -0.15) is 0 Å². The number of aryl methyl sites for hydroxylation is 1. The lowest BCUT2D eigenvalue weighted by atomic mass is 10.2. The first kappa shape index (κ1) is 22.1. The first-order valence-electron chi connectivity index (χ1n) is 9.80. The molecule has 0 aliphatic rings. The Hall–Kier alpha value is -3.10. The number of carbonyl (C=O) groups is 1. The second-order valence-electron chi connectivity index (χ2n) is 7.11. The van der Waals surface area contributed by atoms with Gasteiger partial charge in [0.05, 0.1) is 17.6 Å². The fourth-order valence-electron chi connectivity index (χ4n) is 3.21. The number of benzene rings is 2. The number of furan rings is 1. The zero-order chi connectivity index (χ0) is 22.7. The van der Waals surface area contributed by atoms with Gasteiger partial charge in [0.2, 0.25) is 5.91 Å². The Morgan fingerprint density at radius 2 is 1.94 bits per heavy atom. The Kier molecular flexibility index (Phi) is 6.62. The molecule has 1 amide bonds. The zero-order valence-electron chi connectivity index (χ0n) is 17.5. The molecule has 0 aliphatic carbocycles. The van der Waals surface area contributed by atoms with E-state index in [1.54, 1.807) is 19.4 Å². The lowest BCUT2D eigenvalue weighted by Gasteiger charge is -2.18. The molecule has 2 aromatic heterocycles. The topological polar surface area (TPSA) is 64.2 Å². The van der Waals surface area contributed by atoms with Crippen LogP contribution < -0.4 is 0 Å². The Balaban J connectivity index is 1.55. The highest BCUT2D eigenvalue weighted by Crippen LogP contribution is 2.30. The Morgan fingerprint density at radius 3 is 2.62 bits per heavy atom. The molecule has 0 bridgehead atoms. The molecular weight excluding hydrogens is 451 g/mol. The number of rotatable bonds is 7. The quantitative estimate of drug-likeness (QED) is 0.339. The van der Waals surface area contributed by atoms with Crippen molar-refractivity contribution >= 4 is 29.3 Å². The Bertz CT molecular complexity index is 1220. The van der Waals surface area contributed by atoms with Gasteiger partial charge in [-0.15, -0.1) is 10.2 Å². The van der Waals surface area contributed by atoms with Crippen molar-refractivity contribution in [2.45, 2.75) is 18.6 Å². The molecule has 0 saturated heterocycles. The number of halogens is 2. The van der Waals surface area contributed by atoms with E-state index in [-0.39, 0.29) is 18.2 Å². The van der Waals surface area contributed by atoms with E-state index in [0.29, 0.717) is 21.6 Å². The van der Waals surface area contributed by atoms with E-state index in [0.717, 1.165) is 17.0 Å². The van der Waals surface area contributed by atoms with Crippen LogP contribution in [0.5, 0.6) is 0 Å². The van der Waals surface area contributed by atoms with E-state index in [4.69, 9.17) is 16.0 Å². The van der Waals surface area contributed by atoms with Crippen molar-refractivity contribution in [2.24, 2.45) is 0 Å².